The maximum Gasteiger partial charge on any atom is 2.00 e. The van der Waals surface area contributed by atoms with Crippen LogP contribution in [0.25, 0.3) is 0 Å². The summed E-state index contributed by atoms with van der Waals surface area (Å²) in [7, 11) is 0. The van der Waals surface area contributed by atoms with Crippen LogP contribution in [0.15, 0.2) is 0 Å². The normalized spacial score (nSPS) is 0.444. The van der Waals surface area contributed by atoms with E-state index in [0.29, 0.717) is 0 Å². The Balaban J connectivity index is -0.00000000114. The van der Waals surface area contributed by atoms with E-state index in [1.807, 2.05) is 0 Å². The molecular formula is C2Hg3N2O2. The van der Waals surface area contributed by atoms with Crippen LogP contribution in [0.4, 0.5) is 0 Å². The Morgan fingerprint density at radius 3 is 0.556 bits per heavy atom. The van der Waals surface area contributed by atoms with E-state index in [4.69, 9.17) is 23.7 Å². The molecule has 0 N–H and O–H groups in total. The zero-order chi connectivity index (χ0) is 4.00. The number of hydrogen-bond acceptors (Lipinski definition) is 2. The second-order valence-electron chi connectivity index (χ2n) is 0. The van der Waals surface area contributed by atoms with E-state index in [1.165, 1.54) is 0 Å². The summed E-state index contributed by atoms with van der Waals surface area (Å²) in [4.78, 5) is 0. The Labute approximate surface area is 116 Å². The molecule has 36 valence electrons. The molecule has 0 fully saturated rings. The fourth-order valence-electron chi connectivity index (χ4n) is 0. The first kappa shape index (κ1) is 73.4. The van der Waals surface area contributed by atoms with Crippen LogP contribution >= 0.6 is 0 Å². The summed E-state index contributed by atoms with van der Waals surface area (Å²) < 4.78 is 0. The summed E-state index contributed by atoms with van der Waals surface area (Å²) in [6.45, 7) is 9.50. The summed E-state index contributed by atoms with van der Waals surface area (Å²) in [5, 5.41) is 12.5. The Morgan fingerprint density at radius 2 is 0.556 bits per heavy atom. The first-order valence-electron chi connectivity index (χ1n) is 0.447. The van der Waals surface area contributed by atoms with Gasteiger partial charge in [-0.3, -0.25) is 0 Å². The molecule has 0 aromatic carbocycles. The van der Waals surface area contributed by atoms with Gasteiger partial charge in [-0.25, -0.2) is 0 Å². The summed E-state index contributed by atoms with van der Waals surface area (Å²) >= 11 is 0. The predicted molar refractivity (Wildman–Crippen MR) is 11.3 cm³/mol. The van der Waals surface area contributed by atoms with Crippen LogP contribution in [0.5, 0.6) is 0 Å². The van der Waals surface area contributed by atoms with Gasteiger partial charge in [-0.1, -0.05) is 0 Å². The molecule has 0 aliphatic carbocycles. The van der Waals surface area contributed by atoms with Gasteiger partial charge in [0.05, 0.1) is 0 Å². The van der Waals surface area contributed by atoms with Crippen molar-refractivity contribution in [3.63, 3.8) is 0 Å². The summed E-state index contributed by atoms with van der Waals surface area (Å²) in [6, 6.07) is 0. The van der Waals surface area contributed by atoms with Gasteiger partial charge in [-0.15, -0.1) is 0 Å². The van der Waals surface area contributed by atoms with Crippen molar-refractivity contribution in [2.75, 3.05) is 0 Å². The number of hydrogen-bond donors (Lipinski definition) is 0. The molecule has 0 spiro atoms. The van der Waals surface area contributed by atoms with Crippen LogP contribution in [-0.2, 0) is 94.0 Å². The molecule has 4 nitrogen and oxygen atoms in total. The molecule has 0 atom stereocenters. The Kier molecular flexibility index (Phi) is 2060. The third kappa shape index (κ3) is 198. The van der Waals surface area contributed by atoms with Crippen molar-refractivity contribution >= 4 is 0 Å². The van der Waals surface area contributed by atoms with E-state index in [-0.39, 0.29) is 94.0 Å². The first-order chi connectivity index (χ1) is 2.00. The van der Waals surface area contributed by atoms with Crippen molar-refractivity contribution in [3.8, 4) is 0 Å². The molecule has 0 aliphatic rings. The number of rotatable bonds is 0. The van der Waals surface area contributed by atoms with Crippen molar-refractivity contribution in [1.82, 2.24) is 0 Å². The zero-order valence-corrected chi connectivity index (χ0v) is 21.3. The van der Waals surface area contributed by atoms with Gasteiger partial charge in [-0.2, -0.15) is 0 Å². The molecule has 0 rings (SSSR count). The minimum absolute atomic E-state index is 0. The molecule has 0 radical (unpaired) electrons. The Bertz CT molecular complexity index is 33.3. The third-order valence-electron chi connectivity index (χ3n) is 0. The first-order valence-corrected chi connectivity index (χ1v) is 0.447. The summed E-state index contributed by atoms with van der Waals surface area (Å²) in [5.41, 5.74) is 0. The molecular weight excluding hydrogens is 686 g/mol. The largest absolute Gasteiger partial charge is 2.00 e. The van der Waals surface area contributed by atoms with Gasteiger partial charge in [0.1, 0.15) is 0 Å². The molecule has 0 amide bonds. The molecule has 0 saturated carbocycles. The van der Waals surface area contributed by atoms with E-state index in [2.05, 4.69) is 0 Å². The SMILES string of the molecule is [C-]#N.[C-]#N.[Hg+2].[Hg+2].[Hg+2].[O-2].[O-2]. The van der Waals surface area contributed by atoms with E-state index in [0.717, 1.165) is 0 Å². The van der Waals surface area contributed by atoms with Gasteiger partial charge in [0, 0.05) is 0 Å². The molecule has 0 aromatic rings. The summed E-state index contributed by atoms with van der Waals surface area (Å²) in [6.07, 6.45) is 0. The quantitative estimate of drug-likeness (QED) is 0.264. The molecule has 7 heteroatoms. The predicted octanol–water partition coefficient (Wildman–Crippen LogP) is -0.0524. The van der Waals surface area contributed by atoms with Crippen molar-refractivity contribution in [1.29, 1.82) is 10.5 Å². The monoisotopic (exact) mass is 690 g/mol. The molecule has 0 aromatic heterocycles. The fourth-order valence-corrected chi connectivity index (χ4v) is 0. The van der Waals surface area contributed by atoms with Gasteiger partial charge in [0.25, 0.3) is 0 Å². The average Bonchev–Trinajstić information content (AvgIpc) is 1.50. The van der Waals surface area contributed by atoms with Crippen LogP contribution < -0.4 is 0 Å². The van der Waals surface area contributed by atoms with E-state index in [9.17, 15) is 0 Å². The molecule has 0 bridgehead atoms. The molecule has 0 saturated heterocycles. The van der Waals surface area contributed by atoms with Gasteiger partial charge in [-0.05, 0) is 0 Å². The Hall–Kier alpha value is 1.71. The van der Waals surface area contributed by atoms with Crippen LogP contribution in [0.1, 0.15) is 0 Å². The third-order valence-corrected chi connectivity index (χ3v) is 0. The molecule has 0 heterocycles. The van der Waals surface area contributed by atoms with Crippen molar-refractivity contribution in [2.24, 2.45) is 0 Å². The van der Waals surface area contributed by atoms with E-state index < -0.39 is 0 Å². The maximum absolute atomic E-state index is 6.25. The smallest absolute Gasteiger partial charge is 2.00 e. The number of nitrogens with zero attached hydrogens (tertiary/aromatic N) is 2. The molecule has 9 heavy (non-hydrogen) atoms. The van der Waals surface area contributed by atoms with Crippen LogP contribution in [0.3, 0.4) is 0 Å². The van der Waals surface area contributed by atoms with Crippen molar-refractivity contribution in [3.05, 3.63) is 13.1 Å². The van der Waals surface area contributed by atoms with Crippen LogP contribution in [-0.4, -0.2) is 0 Å². The van der Waals surface area contributed by atoms with E-state index >= 15 is 0 Å². The van der Waals surface area contributed by atoms with Gasteiger partial charge in [0.15, 0.2) is 0 Å². The Morgan fingerprint density at radius 1 is 0.556 bits per heavy atom. The van der Waals surface area contributed by atoms with Gasteiger partial charge >= 0.3 is 83.0 Å². The maximum atomic E-state index is 6.25. The van der Waals surface area contributed by atoms with Crippen LogP contribution in [0, 0.1) is 23.7 Å². The average molecular weight is 686 g/mol. The van der Waals surface area contributed by atoms with Gasteiger partial charge < -0.3 is 34.6 Å². The van der Waals surface area contributed by atoms with Crippen molar-refractivity contribution < 1.29 is 94.0 Å². The molecule has 0 aliphatic heterocycles. The molecule has 0 unspecified atom stereocenters. The summed E-state index contributed by atoms with van der Waals surface area (Å²) in [5.74, 6) is 0. The zero-order valence-electron chi connectivity index (χ0n) is 4.83. The minimum Gasteiger partial charge on any atom is -2.00 e. The van der Waals surface area contributed by atoms with Crippen LogP contribution in [0.2, 0.25) is 0 Å². The second-order valence-corrected chi connectivity index (χ2v) is 0. The standard InChI is InChI=1S/2CN.3Hg.2O/c2*1-2;;;;;/q2*-1;3*+2;2*-2. The second kappa shape index (κ2) is 253. The minimum atomic E-state index is 0. The fraction of sp³-hybridized carbons (Fsp3) is 0. The van der Waals surface area contributed by atoms with Gasteiger partial charge in [0.2, 0.25) is 0 Å². The van der Waals surface area contributed by atoms with E-state index in [1.54, 1.807) is 0 Å². The van der Waals surface area contributed by atoms with Crippen molar-refractivity contribution in [2.45, 2.75) is 0 Å². The topological polar surface area (TPSA) is 105 Å².